The van der Waals surface area contributed by atoms with E-state index in [0.29, 0.717) is 12.4 Å². The molecule has 0 aliphatic heterocycles. The molecule has 6 nitrogen and oxygen atoms in total. The van der Waals surface area contributed by atoms with Crippen LogP contribution in [0.1, 0.15) is 22.8 Å². The number of aromatic carboxylic acids is 1. The third-order valence-corrected chi connectivity index (χ3v) is 2.90. The first-order valence-electron chi connectivity index (χ1n) is 5.99. The van der Waals surface area contributed by atoms with Crippen molar-refractivity contribution in [2.45, 2.75) is 13.8 Å². The van der Waals surface area contributed by atoms with Crippen LogP contribution in [0.2, 0.25) is 0 Å². The summed E-state index contributed by atoms with van der Waals surface area (Å²) in [7, 11) is 3.43. The number of carbonyl (C=O) groups is 2. The van der Waals surface area contributed by atoms with Crippen LogP contribution in [0.5, 0.6) is 0 Å². The Morgan fingerprint density at radius 2 is 2.16 bits per heavy atom. The van der Waals surface area contributed by atoms with Gasteiger partial charge in [-0.2, -0.15) is 0 Å². The van der Waals surface area contributed by atoms with E-state index in [-0.39, 0.29) is 17.4 Å². The van der Waals surface area contributed by atoms with Crippen molar-refractivity contribution in [2.24, 2.45) is 5.92 Å². The predicted molar refractivity (Wildman–Crippen MR) is 72.4 cm³/mol. The summed E-state index contributed by atoms with van der Waals surface area (Å²) in [4.78, 5) is 28.3. The Kier molecular flexibility index (Phi) is 4.86. The first-order valence-corrected chi connectivity index (χ1v) is 5.99. The van der Waals surface area contributed by atoms with Crippen LogP contribution >= 0.6 is 0 Å². The lowest BCUT2D eigenvalue weighted by molar-refractivity contribution is -0.123. The number of aromatic nitrogens is 1. The number of nitrogens with one attached hydrogen (secondary N) is 1. The highest BCUT2D eigenvalue weighted by molar-refractivity contribution is 5.87. The molecule has 0 bridgehead atoms. The van der Waals surface area contributed by atoms with Gasteiger partial charge in [0.05, 0.1) is 11.5 Å². The lowest BCUT2D eigenvalue weighted by atomic mass is 10.1. The molecule has 0 saturated carbocycles. The highest BCUT2D eigenvalue weighted by atomic mass is 16.4. The number of nitrogens with zero attached hydrogens (tertiary/aromatic N) is 2. The van der Waals surface area contributed by atoms with Crippen LogP contribution in [0.25, 0.3) is 0 Å². The summed E-state index contributed by atoms with van der Waals surface area (Å²) in [6.45, 7) is 4.14. The van der Waals surface area contributed by atoms with E-state index >= 15 is 0 Å². The second-order valence-electron chi connectivity index (χ2n) is 4.57. The van der Waals surface area contributed by atoms with Crippen LogP contribution in [0, 0.1) is 12.8 Å². The molecule has 0 spiro atoms. The maximum absolute atomic E-state index is 11.5. The Morgan fingerprint density at radius 1 is 1.53 bits per heavy atom. The molecule has 0 fully saturated rings. The van der Waals surface area contributed by atoms with E-state index in [1.165, 1.54) is 6.20 Å². The summed E-state index contributed by atoms with van der Waals surface area (Å²) in [5.41, 5.74) is 0.931. The van der Waals surface area contributed by atoms with Crippen molar-refractivity contribution in [2.75, 3.05) is 25.5 Å². The number of rotatable bonds is 5. The molecule has 104 valence electrons. The van der Waals surface area contributed by atoms with Crippen LogP contribution in [0.4, 0.5) is 5.82 Å². The van der Waals surface area contributed by atoms with Crippen molar-refractivity contribution in [3.63, 3.8) is 0 Å². The highest BCUT2D eigenvalue weighted by Gasteiger charge is 2.16. The molecule has 1 aromatic heterocycles. The number of hydrogen-bond acceptors (Lipinski definition) is 4. The number of amides is 1. The van der Waals surface area contributed by atoms with E-state index in [4.69, 9.17) is 5.11 Å². The van der Waals surface area contributed by atoms with Crippen LogP contribution in [0.15, 0.2) is 12.3 Å². The second kappa shape index (κ2) is 6.17. The van der Waals surface area contributed by atoms with Gasteiger partial charge in [0.15, 0.2) is 0 Å². The maximum Gasteiger partial charge on any atom is 0.337 e. The van der Waals surface area contributed by atoms with Crippen LogP contribution < -0.4 is 10.2 Å². The molecule has 0 aliphatic rings. The van der Waals surface area contributed by atoms with Gasteiger partial charge in [-0.15, -0.1) is 0 Å². The molecular weight excluding hydrogens is 246 g/mol. The Morgan fingerprint density at radius 3 is 2.63 bits per heavy atom. The number of carbonyl (C=O) groups excluding carboxylic acids is 1. The normalized spacial score (nSPS) is 11.8. The topological polar surface area (TPSA) is 82.5 Å². The number of carboxylic acid groups (broad SMARTS) is 1. The van der Waals surface area contributed by atoms with Crippen molar-refractivity contribution in [1.29, 1.82) is 0 Å². The summed E-state index contributed by atoms with van der Waals surface area (Å²) < 4.78 is 0. The number of carboxylic acids is 1. The average Bonchev–Trinajstić information content (AvgIpc) is 2.37. The minimum atomic E-state index is -0.997. The van der Waals surface area contributed by atoms with Crippen molar-refractivity contribution in [3.8, 4) is 0 Å². The van der Waals surface area contributed by atoms with E-state index in [1.807, 2.05) is 18.9 Å². The quantitative estimate of drug-likeness (QED) is 0.826. The molecule has 1 amide bonds. The molecule has 0 radical (unpaired) electrons. The SMILES string of the molecule is CNC(=O)C(C)CN(C)c1ncc(C(=O)O)cc1C. The van der Waals surface area contributed by atoms with Crippen molar-refractivity contribution >= 4 is 17.7 Å². The molecule has 0 aliphatic carbocycles. The largest absolute Gasteiger partial charge is 0.478 e. The maximum atomic E-state index is 11.5. The van der Waals surface area contributed by atoms with Gasteiger partial charge in [0.25, 0.3) is 0 Å². The van der Waals surface area contributed by atoms with Crippen LogP contribution in [0.3, 0.4) is 0 Å². The zero-order valence-electron chi connectivity index (χ0n) is 11.6. The summed E-state index contributed by atoms with van der Waals surface area (Å²) >= 11 is 0. The van der Waals surface area contributed by atoms with E-state index in [0.717, 1.165) is 5.56 Å². The van der Waals surface area contributed by atoms with Gasteiger partial charge in [-0.1, -0.05) is 6.92 Å². The minimum absolute atomic E-state index is 0.0355. The van der Waals surface area contributed by atoms with Gasteiger partial charge < -0.3 is 15.3 Å². The third-order valence-electron chi connectivity index (χ3n) is 2.90. The van der Waals surface area contributed by atoms with Gasteiger partial charge in [-0.25, -0.2) is 9.78 Å². The molecule has 0 aromatic carbocycles. The Hall–Kier alpha value is -2.11. The lowest BCUT2D eigenvalue weighted by Gasteiger charge is -2.23. The van der Waals surface area contributed by atoms with Crippen molar-refractivity contribution in [1.82, 2.24) is 10.3 Å². The summed E-state index contributed by atoms with van der Waals surface area (Å²) in [6, 6.07) is 1.58. The molecule has 19 heavy (non-hydrogen) atoms. The van der Waals surface area contributed by atoms with Crippen molar-refractivity contribution < 1.29 is 14.7 Å². The molecule has 0 saturated heterocycles. The summed E-state index contributed by atoms with van der Waals surface area (Å²) in [5.74, 6) is -0.522. The van der Waals surface area contributed by atoms with Crippen LogP contribution in [-0.2, 0) is 4.79 Å². The van der Waals surface area contributed by atoms with Crippen molar-refractivity contribution in [3.05, 3.63) is 23.4 Å². The third kappa shape index (κ3) is 3.67. The first-order chi connectivity index (χ1) is 8.86. The van der Waals surface area contributed by atoms with Gasteiger partial charge in [0.1, 0.15) is 5.82 Å². The number of aryl methyl sites for hydroxylation is 1. The lowest BCUT2D eigenvalue weighted by Crippen LogP contribution is -2.35. The first kappa shape index (κ1) is 14.9. The molecule has 1 rings (SSSR count). The van der Waals surface area contributed by atoms with Gasteiger partial charge in [0, 0.05) is 26.8 Å². The smallest absolute Gasteiger partial charge is 0.337 e. The summed E-state index contributed by atoms with van der Waals surface area (Å²) in [6.07, 6.45) is 1.33. The zero-order valence-corrected chi connectivity index (χ0v) is 11.6. The molecule has 1 atom stereocenters. The average molecular weight is 265 g/mol. The molecule has 6 heteroatoms. The molecule has 1 aromatic rings. The van der Waals surface area contributed by atoms with E-state index in [2.05, 4.69) is 10.3 Å². The molecule has 1 heterocycles. The van der Waals surface area contributed by atoms with Gasteiger partial charge in [-0.3, -0.25) is 4.79 Å². The number of pyridine rings is 1. The zero-order chi connectivity index (χ0) is 14.6. The number of anilines is 1. The molecule has 1 unspecified atom stereocenters. The Labute approximate surface area is 112 Å². The fourth-order valence-corrected chi connectivity index (χ4v) is 1.91. The highest BCUT2D eigenvalue weighted by Crippen LogP contribution is 2.17. The Bertz CT molecular complexity index is 488. The fraction of sp³-hybridized carbons (Fsp3) is 0.462. The van der Waals surface area contributed by atoms with Gasteiger partial charge >= 0.3 is 5.97 Å². The van der Waals surface area contributed by atoms with E-state index in [1.54, 1.807) is 20.0 Å². The molecule has 2 N–H and O–H groups in total. The molecular formula is C13H19N3O3. The minimum Gasteiger partial charge on any atom is -0.478 e. The van der Waals surface area contributed by atoms with Crippen LogP contribution in [-0.4, -0.2) is 42.6 Å². The summed E-state index contributed by atoms with van der Waals surface area (Å²) in [5, 5.41) is 11.5. The van der Waals surface area contributed by atoms with E-state index in [9.17, 15) is 9.59 Å². The Balaban J connectivity index is 2.85. The standard InChI is InChI=1S/C13H19N3O3/c1-8-5-10(13(18)19)6-15-11(8)16(4)7-9(2)12(17)14-3/h5-6,9H,7H2,1-4H3,(H,14,17)(H,18,19). The van der Waals surface area contributed by atoms with Gasteiger partial charge in [0.2, 0.25) is 5.91 Å². The number of hydrogen-bond donors (Lipinski definition) is 2. The van der Waals surface area contributed by atoms with E-state index < -0.39 is 5.97 Å². The monoisotopic (exact) mass is 265 g/mol. The van der Waals surface area contributed by atoms with Gasteiger partial charge in [-0.05, 0) is 18.6 Å². The second-order valence-corrected chi connectivity index (χ2v) is 4.57. The fourth-order valence-electron chi connectivity index (χ4n) is 1.91. The predicted octanol–water partition coefficient (Wildman–Crippen LogP) is 0.907.